The highest BCUT2D eigenvalue weighted by Gasteiger charge is 2.16. The van der Waals surface area contributed by atoms with Crippen molar-refractivity contribution >= 4 is 11.9 Å². The van der Waals surface area contributed by atoms with Crippen molar-refractivity contribution in [1.82, 2.24) is 4.90 Å². The zero-order chi connectivity index (χ0) is 39.6. The van der Waals surface area contributed by atoms with Gasteiger partial charge in [-0.25, -0.2) is 0 Å². The number of ether oxygens (including phenoxy) is 2. The van der Waals surface area contributed by atoms with Crippen LogP contribution in [0.3, 0.4) is 0 Å². The number of nitrogens with zero attached hydrogens (tertiary/aromatic N) is 1. The molecule has 0 N–H and O–H groups in total. The molecule has 0 saturated carbocycles. The Labute approximate surface area is 339 Å². The minimum atomic E-state index is -0.0251. The second-order valence-electron chi connectivity index (χ2n) is 17.3. The van der Waals surface area contributed by atoms with E-state index in [1.165, 1.54) is 167 Å². The molecule has 5 nitrogen and oxygen atoms in total. The molecule has 0 aliphatic heterocycles. The molecule has 0 spiro atoms. The van der Waals surface area contributed by atoms with E-state index in [0.717, 1.165) is 77.2 Å². The lowest BCUT2D eigenvalue weighted by molar-refractivity contribution is -0.151. The summed E-state index contributed by atoms with van der Waals surface area (Å²) in [6, 6.07) is 0. The molecule has 0 aromatic carbocycles. The first kappa shape index (κ1) is 52.9. The Balaban J connectivity index is 4.47. The zero-order valence-corrected chi connectivity index (χ0v) is 37.5. The van der Waals surface area contributed by atoms with Gasteiger partial charge in [-0.2, -0.15) is 0 Å². The van der Waals surface area contributed by atoms with Crippen molar-refractivity contribution in [3.05, 3.63) is 0 Å². The smallest absolute Gasteiger partial charge is 0.306 e. The van der Waals surface area contributed by atoms with Gasteiger partial charge in [-0.3, -0.25) is 9.59 Å². The number of rotatable bonds is 44. The Morgan fingerprint density at radius 2 is 0.593 bits per heavy atom. The number of unbranched alkanes of at least 4 members (excludes halogenated alkanes) is 28. The van der Waals surface area contributed by atoms with Gasteiger partial charge in [-0.1, -0.05) is 194 Å². The van der Waals surface area contributed by atoms with Gasteiger partial charge < -0.3 is 14.4 Å². The van der Waals surface area contributed by atoms with Gasteiger partial charge in [0.15, 0.2) is 0 Å². The molecule has 5 heteroatoms. The SMILES string of the molecule is CCCCCCCCCCCCC(CCCCCCCCCCCC)OC(=O)CCCCCCCC(CCCCCCCCC)OC(=O)CCCN(C)C. The number of carbonyl (C=O) groups is 2. The molecule has 0 aromatic rings. The number of esters is 2. The summed E-state index contributed by atoms with van der Waals surface area (Å²) in [6.45, 7) is 7.76. The van der Waals surface area contributed by atoms with Crippen LogP contribution in [0, 0.1) is 0 Å². The van der Waals surface area contributed by atoms with Crippen LogP contribution in [0.4, 0.5) is 0 Å². The summed E-state index contributed by atoms with van der Waals surface area (Å²) in [7, 11) is 4.10. The first-order valence-electron chi connectivity index (χ1n) is 24.5. The van der Waals surface area contributed by atoms with Crippen LogP contribution in [0.1, 0.15) is 271 Å². The molecule has 322 valence electrons. The Morgan fingerprint density at radius 1 is 0.352 bits per heavy atom. The molecule has 0 aliphatic carbocycles. The van der Waals surface area contributed by atoms with Crippen LogP contribution in [0.5, 0.6) is 0 Å². The average Bonchev–Trinajstić information content (AvgIpc) is 3.15. The fourth-order valence-electron chi connectivity index (χ4n) is 7.77. The predicted octanol–water partition coefficient (Wildman–Crippen LogP) is 15.6. The van der Waals surface area contributed by atoms with Gasteiger partial charge in [0.25, 0.3) is 0 Å². The standard InChI is InChI=1S/C49H97NO4/c1-6-9-12-15-18-20-22-25-29-34-39-46(40-35-30-26-23-21-19-16-13-10-7-2)53-48(51)43-37-32-27-31-36-42-47(41-33-28-24-17-14-11-8-3)54-49(52)44-38-45-50(4)5/h46-47H,6-45H2,1-5H3. The molecule has 0 amide bonds. The van der Waals surface area contributed by atoms with Gasteiger partial charge in [0, 0.05) is 12.8 Å². The van der Waals surface area contributed by atoms with E-state index in [4.69, 9.17) is 9.47 Å². The number of hydrogen-bond acceptors (Lipinski definition) is 5. The molecule has 0 radical (unpaired) electrons. The Bertz CT molecular complexity index is 747. The molecule has 0 aromatic heterocycles. The van der Waals surface area contributed by atoms with E-state index in [1.54, 1.807) is 0 Å². The molecule has 0 bridgehead atoms. The molecule has 0 fully saturated rings. The van der Waals surface area contributed by atoms with E-state index in [9.17, 15) is 9.59 Å². The van der Waals surface area contributed by atoms with E-state index in [1.807, 2.05) is 14.1 Å². The summed E-state index contributed by atoms with van der Waals surface area (Å²) < 4.78 is 12.1. The summed E-state index contributed by atoms with van der Waals surface area (Å²) in [6.07, 6.45) is 47.4. The lowest BCUT2D eigenvalue weighted by Gasteiger charge is -2.19. The van der Waals surface area contributed by atoms with E-state index < -0.39 is 0 Å². The minimum absolute atomic E-state index is 0.0232. The quantitative estimate of drug-likeness (QED) is 0.0457. The largest absolute Gasteiger partial charge is 0.462 e. The van der Waals surface area contributed by atoms with Gasteiger partial charge in [-0.15, -0.1) is 0 Å². The van der Waals surface area contributed by atoms with Crippen LogP contribution >= 0.6 is 0 Å². The molecule has 0 saturated heterocycles. The monoisotopic (exact) mass is 764 g/mol. The van der Waals surface area contributed by atoms with Crippen molar-refractivity contribution < 1.29 is 19.1 Å². The fraction of sp³-hybridized carbons (Fsp3) is 0.959. The third-order valence-electron chi connectivity index (χ3n) is 11.4. The normalized spacial score (nSPS) is 12.2. The maximum atomic E-state index is 12.9. The topological polar surface area (TPSA) is 55.8 Å². The van der Waals surface area contributed by atoms with Crippen LogP contribution in [0.25, 0.3) is 0 Å². The molecule has 54 heavy (non-hydrogen) atoms. The Morgan fingerprint density at radius 3 is 0.870 bits per heavy atom. The summed E-state index contributed by atoms with van der Waals surface area (Å²) in [5.41, 5.74) is 0. The van der Waals surface area contributed by atoms with Gasteiger partial charge in [0.05, 0.1) is 0 Å². The van der Waals surface area contributed by atoms with Crippen LogP contribution in [0.2, 0.25) is 0 Å². The molecule has 1 atom stereocenters. The van der Waals surface area contributed by atoms with Crippen molar-refractivity contribution in [3.63, 3.8) is 0 Å². The van der Waals surface area contributed by atoms with Crippen LogP contribution in [0.15, 0.2) is 0 Å². The number of hydrogen-bond donors (Lipinski definition) is 0. The highest BCUT2D eigenvalue weighted by atomic mass is 16.5. The van der Waals surface area contributed by atoms with E-state index in [0.29, 0.717) is 12.8 Å². The molecule has 0 rings (SSSR count). The third-order valence-corrected chi connectivity index (χ3v) is 11.4. The molecule has 0 aliphatic rings. The first-order chi connectivity index (χ1) is 26.4. The first-order valence-corrected chi connectivity index (χ1v) is 24.5. The lowest BCUT2D eigenvalue weighted by atomic mass is 10.0. The zero-order valence-electron chi connectivity index (χ0n) is 37.5. The number of carbonyl (C=O) groups excluding carboxylic acids is 2. The highest BCUT2D eigenvalue weighted by Crippen LogP contribution is 2.21. The maximum absolute atomic E-state index is 12.9. The van der Waals surface area contributed by atoms with Gasteiger partial charge in [0.1, 0.15) is 12.2 Å². The van der Waals surface area contributed by atoms with Crippen molar-refractivity contribution in [3.8, 4) is 0 Å². The van der Waals surface area contributed by atoms with Crippen molar-refractivity contribution in [2.75, 3.05) is 20.6 Å². The van der Waals surface area contributed by atoms with Crippen LogP contribution < -0.4 is 0 Å². The van der Waals surface area contributed by atoms with Crippen molar-refractivity contribution in [1.29, 1.82) is 0 Å². The van der Waals surface area contributed by atoms with Crippen LogP contribution in [-0.2, 0) is 19.1 Å². The summed E-state index contributed by atoms with van der Waals surface area (Å²) in [5, 5.41) is 0. The summed E-state index contributed by atoms with van der Waals surface area (Å²) >= 11 is 0. The summed E-state index contributed by atoms with van der Waals surface area (Å²) in [5.74, 6) is -0.00181. The van der Waals surface area contributed by atoms with E-state index in [-0.39, 0.29) is 24.1 Å². The predicted molar refractivity (Wildman–Crippen MR) is 235 cm³/mol. The third kappa shape index (κ3) is 40.6. The fourth-order valence-corrected chi connectivity index (χ4v) is 7.77. The lowest BCUT2D eigenvalue weighted by Crippen LogP contribution is -2.20. The Kier molecular flexibility index (Phi) is 42.2. The van der Waals surface area contributed by atoms with E-state index in [2.05, 4.69) is 25.7 Å². The van der Waals surface area contributed by atoms with Gasteiger partial charge in [0.2, 0.25) is 0 Å². The molecule has 1 unspecified atom stereocenters. The minimum Gasteiger partial charge on any atom is -0.462 e. The maximum Gasteiger partial charge on any atom is 0.306 e. The average molecular weight is 764 g/mol. The van der Waals surface area contributed by atoms with Crippen LogP contribution in [-0.4, -0.2) is 49.7 Å². The van der Waals surface area contributed by atoms with Crippen molar-refractivity contribution in [2.24, 2.45) is 0 Å². The molecular weight excluding hydrogens is 667 g/mol. The van der Waals surface area contributed by atoms with Gasteiger partial charge in [-0.05, 0) is 84.8 Å². The second-order valence-corrected chi connectivity index (χ2v) is 17.3. The van der Waals surface area contributed by atoms with Gasteiger partial charge >= 0.3 is 11.9 Å². The Hall–Kier alpha value is -1.10. The summed E-state index contributed by atoms with van der Waals surface area (Å²) in [4.78, 5) is 27.6. The highest BCUT2D eigenvalue weighted by molar-refractivity contribution is 5.69. The molecular formula is C49H97NO4. The molecule has 0 heterocycles. The van der Waals surface area contributed by atoms with Crippen molar-refractivity contribution in [2.45, 2.75) is 283 Å². The second kappa shape index (κ2) is 43.0. The van der Waals surface area contributed by atoms with E-state index >= 15 is 0 Å².